The minimum atomic E-state index is -0.202. The van der Waals surface area contributed by atoms with E-state index in [4.69, 9.17) is 4.52 Å². The number of hydrogen-bond donors (Lipinski definition) is 2. The first-order valence-electron chi connectivity index (χ1n) is 8.97. The molecule has 0 radical (unpaired) electrons. The number of piperidine rings is 1. The zero-order chi connectivity index (χ0) is 16.5. The van der Waals surface area contributed by atoms with Crippen LogP contribution in [-0.4, -0.2) is 54.1 Å². The van der Waals surface area contributed by atoms with Gasteiger partial charge in [0.25, 0.3) is 5.91 Å². The van der Waals surface area contributed by atoms with Crippen molar-refractivity contribution in [3.05, 3.63) is 17.5 Å². The van der Waals surface area contributed by atoms with Gasteiger partial charge in [-0.1, -0.05) is 5.16 Å². The highest BCUT2D eigenvalue weighted by molar-refractivity contribution is 5.92. The number of carbonyl (C=O) groups excluding carboxylic acids is 2. The van der Waals surface area contributed by atoms with E-state index in [1.807, 2.05) is 4.90 Å². The second-order valence-electron chi connectivity index (χ2n) is 7.16. The first-order chi connectivity index (χ1) is 11.7. The molecule has 7 heteroatoms. The Morgan fingerprint density at radius 1 is 1.21 bits per heavy atom. The summed E-state index contributed by atoms with van der Waals surface area (Å²) in [5.41, 5.74) is 0.347. The van der Waals surface area contributed by atoms with Gasteiger partial charge >= 0.3 is 0 Å². The summed E-state index contributed by atoms with van der Waals surface area (Å²) in [5.74, 6) is 1.44. The van der Waals surface area contributed by atoms with Crippen LogP contribution in [0.4, 0.5) is 0 Å². The maximum Gasteiger partial charge on any atom is 0.273 e. The molecule has 1 aromatic rings. The van der Waals surface area contributed by atoms with Crippen molar-refractivity contribution in [2.45, 2.75) is 44.1 Å². The van der Waals surface area contributed by atoms with Crippen molar-refractivity contribution >= 4 is 11.8 Å². The molecule has 2 amide bonds. The highest BCUT2D eigenvalue weighted by atomic mass is 16.5. The topological polar surface area (TPSA) is 87.5 Å². The van der Waals surface area contributed by atoms with Crippen LogP contribution in [0, 0.1) is 5.92 Å². The first-order valence-corrected chi connectivity index (χ1v) is 8.97. The van der Waals surface area contributed by atoms with Crippen molar-refractivity contribution in [1.29, 1.82) is 0 Å². The van der Waals surface area contributed by atoms with Gasteiger partial charge in [0, 0.05) is 37.0 Å². The normalized spacial score (nSPS) is 25.0. The summed E-state index contributed by atoms with van der Waals surface area (Å²) in [6, 6.07) is 1.75. The second kappa shape index (κ2) is 6.55. The molecule has 0 spiro atoms. The molecular formula is C17H24N4O3. The van der Waals surface area contributed by atoms with Crippen molar-refractivity contribution in [3.8, 4) is 0 Å². The molecule has 24 heavy (non-hydrogen) atoms. The van der Waals surface area contributed by atoms with Gasteiger partial charge in [0.05, 0.1) is 0 Å². The zero-order valence-electron chi connectivity index (χ0n) is 13.8. The van der Waals surface area contributed by atoms with E-state index in [0.29, 0.717) is 18.2 Å². The Labute approximate surface area is 141 Å². The Morgan fingerprint density at radius 3 is 2.75 bits per heavy atom. The standard InChI is InChI=1S/C17H24N4O3/c22-16(14-9-15(24-20-14)11-1-2-11)19-13-5-8-21(10-13)17(23)12-3-6-18-7-4-12/h9,11-13,18H,1-8,10H2,(H,19,22). The van der Waals surface area contributed by atoms with Crippen molar-refractivity contribution in [1.82, 2.24) is 20.7 Å². The van der Waals surface area contributed by atoms with E-state index in [0.717, 1.165) is 57.5 Å². The van der Waals surface area contributed by atoms with Crippen LogP contribution in [0.2, 0.25) is 0 Å². The summed E-state index contributed by atoms with van der Waals surface area (Å²) in [5, 5.41) is 10.1. The van der Waals surface area contributed by atoms with Gasteiger partial charge in [-0.3, -0.25) is 9.59 Å². The number of nitrogens with one attached hydrogen (secondary N) is 2. The zero-order valence-corrected chi connectivity index (χ0v) is 13.8. The quantitative estimate of drug-likeness (QED) is 0.855. The van der Waals surface area contributed by atoms with E-state index < -0.39 is 0 Å². The predicted octanol–water partition coefficient (Wildman–Crippen LogP) is 0.882. The predicted molar refractivity (Wildman–Crippen MR) is 86.5 cm³/mol. The first kappa shape index (κ1) is 15.6. The monoisotopic (exact) mass is 332 g/mol. The van der Waals surface area contributed by atoms with Gasteiger partial charge < -0.3 is 20.1 Å². The lowest BCUT2D eigenvalue weighted by molar-refractivity contribution is -0.135. The highest BCUT2D eigenvalue weighted by Gasteiger charge is 2.33. The Bertz CT molecular complexity index is 619. The largest absolute Gasteiger partial charge is 0.360 e. The molecular weight excluding hydrogens is 308 g/mol. The van der Waals surface area contributed by atoms with E-state index >= 15 is 0 Å². The van der Waals surface area contributed by atoms with Gasteiger partial charge in [-0.2, -0.15) is 0 Å². The van der Waals surface area contributed by atoms with Crippen molar-refractivity contribution in [2.75, 3.05) is 26.2 Å². The van der Waals surface area contributed by atoms with Gasteiger partial charge in [0.2, 0.25) is 5.91 Å². The van der Waals surface area contributed by atoms with Gasteiger partial charge in [0.15, 0.2) is 5.69 Å². The second-order valence-corrected chi connectivity index (χ2v) is 7.16. The number of likely N-dealkylation sites (tertiary alicyclic amines) is 1. The van der Waals surface area contributed by atoms with Gasteiger partial charge in [-0.25, -0.2) is 0 Å². The molecule has 1 aliphatic carbocycles. The number of nitrogens with zero attached hydrogens (tertiary/aromatic N) is 2. The number of amides is 2. The van der Waals surface area contributed by atoms with Crippen LogP contribution in [0.5, 0.6) is 0 Å². The molecule has 1 atom stereocenters. The number of hydrogen-bond acceptors (Lipinski definition) is 5. The SMILES string of the molecule is O=C(NC1CCN(C(=O)C2CCNCC2)C1)c1cc(C2CC2)on1. The number of carbonyl (C=O) groups is 2. The van der Waals surface area contributed by atoms with E-state index in [-0.39, 0.29) is 23.8 Å². The third kappa shape index (κ3) is 3.31. The minimum Gasteiger partial charge on any atom is -0.360 e. The average molecular weight is 332 g/mol. The van der Waals surface area contributed by atoms with E-state index in [2.05, 4.69) is 15.8 Å². The minimum absolute atomic E-state index is 0.00393. The van der Waals surface area contributed by atoms with Gasteiger partial charge in [-0.15, -0.1) is 0 Å². The molecule has 130 valence electrons. The third-order valence-corrected chi connectivity index (χ3v) is 5.26. The fourth-order valence-corrected chi connectivity index (χ4v) is 3.62. The van der Waals surface area contributed by atoms with Crippen LogP contribution in [0.15, 0.2) is 10.6 Å². The van der Waals surface area contributed by atoms with E-state index in [9.17, 15) is 9.59 Å². The fraction of sp³-hybridized carbons (Fsp3) is 0.706. The summed E-state index contributed by atoms with van der Waals surface area (Å²) < 4.78 is 5.23. The maximum absolute atomic E-state index is 12.5. The van der Waals surface area contributed by atoms with Crippen molar-refractivity contribution in [3.63, 3.8) is 0 Å². The lowest BCUT2D eigenvalue weighted by Crippen LogP contribution is -2.42. The Kier molecular flexibility index (Phi) is 4.26. The summed E-state index contributed by atoms with van der Waals surface area (Å²) in [4.78, 5) is 26.7. The molecule has 2 aliphatic heterocycles. The van der Waals surface area contributed by atoms with Crippen LogP contribution in [-0.2, 0) is 4.79 Å². The van der Waals surface area contributed by atoms with Crippen LogP contribution in [0.25, 0.3) is 0 Å². The summed E-state index contributed by atoms with van der Waals surface area (Å²) in [7, 11) is 0. The van der Waals surface area contributed by atoms with Crippen LogP contribution >= 0.6 is 0 Å². The Balaban J connectivity index is 1.29. The molecule has 3 heterocycles. The highest BCUT2D eigenvalue weighted by Crippen LogP contribution is 2.40. The van der Waals surface area contributed by atoms with Crippen LogP contribution in [0.3, 0.4) is 0 Å². The summed E-state index contributed by atoms with van der Waals surface area (Å²) >= 11 is 0. The summed E-state index contributed by atoms with van der Waals surface area (Å²) in [6.45, 7) is 3.15. The fourth-order valence-electron chi connectivity index (χ4n) is 3.62. The lowest BCUT2D eigenvalue weighted by Gasteiger charge is -2.26. The molecule has 0 aromatic carbocycles. The molecule has 7 nitrogen and oxygen atoms in total. The summed E-state index contributed by atoms with van der Waals surface area (Å²) in [6.07, 6.45) is 4.86. The van der Waals surface area contributed by atoms with E-state index in [1.165, 1.54) is 0 Å². The molecule has 3 aliphatic rings. The number of rotatable bonds is 4. The van der Waals surface area contributed by atoms with Crippen molar-refractivity contribution < 1.29 is 14.1 Å². The Morgan fingerprint density at radius 2 is 2.00 bits per heavy atom. The molecule has 3 fully saturated rings. The van der Waals surface area contributed by atoms with Gasteiger partial charge in [0.1, 0.15) is 5.76 Å². The smallest absolute Gasteiger partial charge is 0.273 e. The average Bonchev–Trinajstić information content (AvgIpc) is 3.16. The molecule has 4 rings (SSSR count). The molecule has 2 saturated heterocycles. The number of aromatic nitrogens is 1. The molecule has 1 saturated carbocycles. The van der Waals surface area contributed by atoms with Crippen molar-refractivity contribution in [2.24, 2.45) is 5.92 Å². The van der Waals surface area contributed by atoms with Crippen LogP contribution in [0.1, 0.15) is 54.3 Å². The molecule has 2 N–H and O–H groups in total. The van der Waals surface area contributed by atoms with E-state index in [1.54, 1.807) is 6.07 Å². The molecule has 1 aromatic heterocycles. The third-order valence-electron chi connectivity index (χ3n) is 5.26. The molecule has 1 unspecified atom stereocenters. The van der Waals surface area contributed by atoms with Crippen LogP contribution < -0.4 is 10.6 Å². The van der Waals surface area contributed by atoms with Gasteiger partial charge in [-0.05, 0) is 45.2 Å². The molecule has 0 bridgehead atoms. The maximum atomic E-state index is 12.5. The lowest BCUT2D eigenvalue weighted by atomic mass is 9.97. The Hall–Kier alpha value is -1.89.